The lowest BCUT2D eigenvalue weighted by Crippen LogP contribution is -2.16. The molecule has 0 radical (unpaired) electrons. The van der Waals surface area contributed by atoms with Gasteiger partial charge in [-0.25, -0.2) is 10.2 Å². The lowest BCUT2D eigenvalue weighted by Gasteiger charge is -2.02. The molecule has 1 heterocycles. The van der Waals surface area contributed by atoms with Gasteiger partial charge in [0, 0.05) is 28.4 Å². The van der Waals surface area contributed by atoms with Gasteiger partial charge in [-0.05, 0) is 30.7 Å². The van der Waals surface area contributed by atoms with Crippen LogP contribution in [0.2, 0.25) is 0 Å². The predicted octanol–water partition coefficient (Wildman–Crippen LogP) is 3.50. The number of nitrogens with one attached hydrogen (secondary N) is 1. The van der Waals surface area contributed by atoms with E-state index < -0.39 is 6.09 Å². The molecular weight excluding hydrogens is 278 g/mol. The van der Waals surface area contributed by atoms with Gasteiger partial charge in [0.25, 0.3) is 0 Å². The van der Waals surface area contributed by atoms with Crippen LogP contribution in [0.1, 0.15) is 12.5 Å². The normalized spacial score (nSPS) is 11.4. The van der Waals surface area contributed by atoms with Crippen LogP contribution in [0.15, 0.2) is 47.6 Å². The van der Waals surface area contributed by atoms with Gasteiger partial charge >= 0.3 is 6.09 Å². The van der Waals surface area contributed by atoms with E-state index in [2.05, 4.69) is 57.1 Å². The van der Waals surface area contributed by atoms with Crippen molar-refractivity contribution in [3.8, 4) is 0 Å². The van der Waals surface area contributed by atoms with Gasteiger partial charge in [0.15, 0.2) is 0 Å². The minimum absolute atomic E-state index is 0.583. The molecule has 1 amide bonds. The van der Waals surface area contributed by atoms with Gasteiger partial charge in [-0.1, -0.05) is 24.3 Å². The van der Waals surface area contributed by atoms with E-state index in [1.165, 1.54) is 28.9 Å². The van der Waals surface area contributed by atoms with Crippen LogP contribution < -0.4 is 5.43 Å². The van der Waals surface area contributed by atoms with E-state index in [0.29, 0.717) is 0 Å². The van der Waals surface area contributed by atoms with Crippen molar-refractivity contribution in [2.75, 3.05) is 7.11 Å². The van der Waals surface area contributed by atoms with Crippen LogP contribution in [0.4, 0.5) is 4.79 Å². The van der Waals surface area contributed by atoms with Crippen LogP contribution in [0.5, 0.6) is 0 Å². The topological polar surface area (TPSA) is 55.6 Å². The number of aromatic nitrogens is 1. The molecule has 3 aromatic rings. The summed E-state index contributed by atoms with van der Waals surface area (Å²) in [6, 6.07) is 14.5. The Labute approximate surface area is 128 Å². The van der Waals surface area contributed by atoms with Crippen LogP contribution in [0, 0.1) is 0 Å². The number of hydrazone groups is 1. The molecule has 3 rings (SSSR count). The van der Waals surface area contributed by atoms with Crippen molar-refractivity contribution < 1.29 is 9.53 Å². The molecule has 1 N–H and O–H groups in total. The van der Waals surface area contributed by atoms with Crippen LogP contribution in [-0.4, -0.2) is 24.0 Å². The fourth-order valence-electron chi connectivity index (χ4n) is 2.70. The Morgan fingerprint density at radius 2 is 2.00 bits per heavy atom. The number of amides is 1. The zero-order chi connectivity index (χ0) is 15.5. The van der Waals surface area contributed by atoms with Gasteiger partial charge in [0.2, 0.25) is 0 Å². The van der Waals surface area contributed by atoms with Gasteiger partial charge in [0.05, 0.1) is 13.3 Å². The molecule has 0 unspecified atom stereocenters. The van der Waals surface area contributed by atoms with Crippen molar-refractivity contribution in [1.82, 2.24) is 9.99 Å². The summed E-state index contributed by atoms with van der Waals surface area (Å²) in [6.45, 7) is 3.06. The fraction of sp³-hybridized carbons (Fsp3) is 0.176. The molecule has 112 valence electrons. The second-order valence-electron chi connectivity index (χ2n) is 4.90. The third-order valence-electron chi connectivity index (χ3n) is 3.67. The van der Waals surface area contributed by atoms with Crippen molar-refractivity contribution in [3.05, 3.63) is 48.0 Å². The molecule has 0 aliphatic rings. The third kappa shape index (κ3) is 2.41. The summed E-state index contributed by atoms with van der Waals surface area (Å²) in [5.74, 6) is 0. The second-order valence-corrected chi connectivity index (χ2v) is 4.90. The molecule has 0 fully saturated rings. The summed E-state index contributed by atoms with van der Waals surface area (Å²) >= 11 is 0. The largest absolute Gasteiger partial charge is 0.452 e. The van der Waals surface area contributed by atoms with Gasteiger partial charge in [0.1, 0.15) is 0 Å². The van der Waals surface area contributed by atoms with E-state index in [-0.39, 0.29) is 0 Å². The lowest BCUT2D eigenvalue weighted by molar-refractivity contribution is 0.171. The summed E-state index contributed by atoms with van der Waals surface area (Å²) in [5.41, 5.74) is 5.62. The first-order valence-electron chi connectivity index (χ1n) is 7.12. The summed E-state index contributed by atoms with van der Waals surface area (Å²) in [7, 11) is 1.30. The molecule has 0 saturated carbocycles. The molecule has 0 atom stereocenters. The van der Waals surface area contributed by atoms with E-state index in [1.807, 2.05) is 12.1 Å². The third-order valence-corrected chi connectivity index (χ3v) is 3.67. The Kier molecular flexibility index (Phi) is 3.78. The first kappa shape index (κ1) is 14.1. The van der Waals surface area contributed by atoms with Crippen molar-refractivity contribution in [2.24, 2.45) is 5.10 Å². The number of hydrogen-bond donors (Lipinski definition) is 1. The molecule has 1 aromatic heterocycles. The molecule has 0 bridgehead atoms. The average Bonchev–Trinajstić information content (AvgIpc) is 2.88. The van der Waals surface area contributed by atoms with Crippen molar-refractivity contribution in [2.45, 2.75) is 13.5 Å². The maximum Gasteiger partial charge on any atom is 0.427 e. The second kappa shape index (κ2) is 5.89. The van der Waals surface area contributed by atoms with Gasteiger partial charge in [-0.2, -0.15) is 5.10 Å². The van der Waals surface area contributed by atoms with Crippen molar-refractivity contribution >= 4 is 34.1 Å². The highest BCUT2D eigenvalue weighted by atomic mass is 16.5. The number of carbonyl (C=O) groups excluding carboxylic acids is 1. The molecule has 22 heavy (non-hydrogen) atoms. The van der Waals surface area contributed by atoms with E-state index >= 15 is 0 Å². The van der Waals surface area contributed by atoms with Crippen LogP contribution >= 0.6 is 0 Å². The van der Waals surface area contributed by atoms with E-state index in [9.17, 15) is 4.79 Å². The average molecular weight is 295 g/mol. The quantitative estimate of drug-likeness (QED) is 0.594. The lowest BCUT2D eigenvalue weighted by atomic mass is 10.1. The monoisotopic (exact) mass is 295 g/mol. The highest BCUT2D eigenvalue weighted by molar-refractivity contribution is 6.09. The molecule has 0 aliphatic heterocycles. The van der Waals surface area contributed by atoms with Gasteiger partial charge < -0.3 is 9.30 Å². The highest BCUT2D eigenvalue weighted by Crippen LogP contribution is 2.29. The number of carbonyl (C=O) groups is 1. The molecule has 0 spiro atoms. The Morgan fingerprint density at radius 1 is 1.23 bits per heavy atom. The zero-order valence-corrected chi connectivity index (χ0v) is 12.5. The zero-order valence-electron chi connectivity index (χ0n) is 12.5. The number of ether oxygens (including phenoxy) is 1. The minimum Gasteiger partial charge on any atom is -0.452 e. The number of aryl methyl sites for hydroxylation is 1. The maximum atomic E-state index is 11.0. The summed E-state index contributed by atoms with van der Waals surface area (Å²) in [6.07, 6.45) is 1.02. The number of methoxy groups -OCH3 is 1. The Morgan fingerprint density at radius 3 is 2.77 bits per heavy atom. The van der Waals surface area contributed by atoms with Gasteiger partial charge in [-0.15, -0.1) is 0 Å². The van der Waals surface area contributed by atoms with E-state index in [1.54, 1.807) is 6.21 Å². The van der Waals surface area contributed by atoms with Gasteiger partial charge in [-0.3, -0.25) is 0 Å². The predicted molar refractivity (Wildman–Crippen MR) is 88.3 cm³/mol. The minimum atomic E-state index is -0.583. The maximum absolute atomic E-state index is 11.0. The van der Waals surface area contributed by atoms with Crippen LogP contribution in [-0.2, 0) is 11.3 Å². The van der Waals surface area contributed by atoms with Crippen molar-refractivity contribution in [1.29, 1.82) is 0 Å². The number of nitrogens with zero attached hydrogens (tertiary/aromatic N) is 2. The Balaban J connectivity index is 2.06. The summed E-state index contributed by atoms with van der Waals surface area (Å²) in [4.78, 5) is 11.0. The number of para-hydroxylation sites is 1. The molecule has 0 aliphatic carbocycles. The smallest absolute Gasteiger partial charge is 0.427 e. The number of benzene rings is 2. The highest BCUT2D eigenvalue weighted by Gasteiger charge is 2.08. The van der Waals surface area contributed by atoms with E-state index in [0.717, 1.165) is 12.1 Å². The number of rotatable bonds is 3. The summed E-state index contributed by atoms with van der Waals surface area (Å²) in [5, 5.41) is 6.27. The SMILES string of the molecule is CCn1c2ccccc2c2cc(/C=N\NC(=O)OC)ccc21. The van der Waals surface area contributed by atoms with E-state index in [4.69, 9.17) is 0 Å². The summed E-state index contributed by atoms with van der Waals surface area (Å²) < 4.78 is 6.76. The number of hydrogen-bond acceptors (Lipinski definition) is 3. The van der Waals surface area contributed by atoms with Crippen LogP contribution in [0.3, 0.4) is 0 Å². The van der Waals surface area contributed by atoms with Crippen LogP contribution in [0.25, 0.3) is 21.8 Å². The number of fused-ring (bicyclic) bond motifs is 3. The molecule has 2 aromatic carbocycles. The van der Waals surface area contributed by atoms with Crippen molar-refractivity contribution in [3.63, 3.8) is 0 Å². The molecule has 0 saturated heterocycles. The standard InChI is InChI=1S/C17H17N3O2/c1-3-20-15-7-5-4-6-13(15)14-10-12(8-9-16(14)20)11-18-19-17(21)22-2/h4-11H,3H2,1-2H3,(H,19,21)/b18-11-. The molecule has 5 heteroatoms. The molecule has 5 nitrogen and oxygen atoms in total. The molecular formula is C17H17N3O2. The first-order valence-corrected chi connectivity index (χ1v) is 7.12. The fourth-order valence-corrected chi connectivity index (χ4v) is 2.70. The Bertz CT molecular complexity index is 865. The Hall–Kier alpha value is -2.82. The first-order chi connectivity index (χ1) is 10.7.